The SMILES string of the molecule is OCC#Cc1cccc(OCCOCC2CC2)c1. The molecule has 0 saturated heterocycles. The van der Waals surface area contributed by atoms with Gasteiger partial charge in [0, 0.05) is 12.2 Å². The number of aliphatic hydroxyl groups excluding tert-OH is 1. The Morgan fingerprint density at radius 1 is 1.28 bits per heavy atom. The normalized spacial score (nSPS) is 13.8. The van der Waals surface area contributed by atoms with E-state index in [1.807, 2.05) is 24.3 Å². The zero-order valence-electron chi connectivity index (χ0n) is 10.4. The lowest BCUT2D eigenvalue weighted by atomic mass is 10.2. The van der Waals surface area contributed by atoms with Gasteiger partial charge in [0.15, 0.2) is 0 Å². The van der Waals surface area contributed by atoms with E-state index in [9.17, 15) is 0 Å². The third kappa shape index (κ3) is 4.79. The molecule has 1 saturated carbocycles. The van der Waals surface area contributed by atoms with Crippen LogP contribution in [0.1, 0.15) is 18.4 Å². The average Bonchev–Trinajstić information content (AvgIpc) is 3.20. The van der Waals surface area contributed by atoms with Crippen LogP contribution in [0.2, 0.25) is 0 Å². The van der Waals surface area contributed by atoms with E-state index in [0.717, 1.165) is 23.8 Å². The van der Waals surface area contributed by atoms with Crippen LogP contribution in [-0.2, 0) is 4.74 Å². The summed E-state index contributed by atoms with van der Waals surface area (Å²) in [5.41, 5.74) is 0.848. The maximum Gasteiger partial charge on any atom is 0.120 e. The molecule has 0 unspecified atom stereocenters. The minimum absolute atomic E-state index is 0.125. The molecule has 0 heterocycles. The summed E-state index contributed by atoms with van der Waals surface area (Å²) in [7, 11) is 0. The van der Waals surface area contributed by atoms with Gasteiger partial charge in [-0.1, -0.05) is 17.9 Å². The molecule has 0 atom stereocenters. The molecule has 0 amide bonds. The lowest BCUT2D eigenvalue weighted by molar-refractivity contribution is 0.0927. The van der Waals surface area contributed by atoms with E-state index in [-0.39, 0.29) is 6.61 Å². The third-order valence-electron chi connectivity index (χ3n) is 2.69. The summed E-state index contributed by atoms with van der Waals surface area (Å²) in [6, 6.07) is 7.54. The van der Waals surface area contributed by atoms with Crippen molar-refractivity contribution in [3.63, 3.8) is 0 Å². The van der Waals surface area contributed by atoms with Crippen molar-refractivity contribution in [3.8, 4) is 17.6 Å². The van der Waals surface area contributed by atoms with Crippen molar-refractivity contribution < 1.29 is 14.6 Å². The van der Waals surface area contributed by atoms with Crippen molar-refractivity contribution in [3.05, 3.63) is 29.8 Å². The van der Waals surface area contributed by atoms with Crippen LogP contribution in [0.15, 0.2) is 24.3 Å². The summed E-state index contributed by atoms with van der Waals surface area (Å²) in [5.74, 6) is 7.04. The van der Waals surface area contributed by atoms with E-state index in [4.69, 9.17) is 14.6 Å². The van der Waals surface area contributed by atoms with E-state index >= 15 is 0 Å². The highest BCUT2D eigenvalue weighted by Crippen LogP contribution is 2.28. The number of ether oxygens (including phenoxy) is 2. The van der Waals surface area contributed by atoms with Crippen LogP contribution in [0.5, 0.6) is 5.75 Å². The van der Waals surface area contributed by atoms with E-state index in [1.54, 1.807) is 0 Å². The van der Waals surface area contributed by atoms with Gasteiger partial charge in [-0.3, -0.25) is 0 Å². The highest BCUT2D eigenvalue weighted by atomic mass is 16.5. The first-order valence-electron chi connectivity index (χ1n) is 6.29. The van der Waals surface area contributed by atoms with E-state index in [1.165, 1.54) is 12.8 Å². The maximum absolute atomic E-state index is 8.63. The molecule has 96 valence electrons. The summed E-state index contributed by atoms with van der Waals surface area (Å²) in [5, 5.41) is 8.63. The summed E-state index contributed by atoms with van der Waals surface area (Å²) in [4.78, 5) is 0. The summed E-state index contributed by atoms with van der Waals surface area (Å²) in [6.45, 7) is 1.93. The monoisotopic (exact) mass is 246 g/mol. The topological polar surface area (TPSA) is 38.7 Å². The molecule has 1 N–H and O–H groups in total. The van der Waals surface area contributed by atoms with Gasteiger partial charge in [0.05, 0.1) is 6.61 Å². The minimum atomic E-state index is -0.125. The number of rotatable bonds is 6. The molecule has 1 aromatic rings. The zero-order valence-corrected chi connectivity index (χ0v) is 10.4. The Kier molecular flexibility index (Phi) is 5.07. The van der Waals surface area contributed by atoms with Crippen molar-refractivity contribution in [2.45, 2.75) is 12.8 Å². The van der Waals surface area contributed by atoms with Crippen molar-refractivity contribution in [2.75, 3.05) is 26.4 Å². The van der Waals surface area contributed by atoms with Gasteiger partial charge in [-0.05, 0) is 37.0 Å². The van der Waals surface area contributed by atoms with Crippen molar-refractivity contribution in [1.82, 2.24) is 0 Å². The number of benzene rings is 1. The van der Waals surface area contributed by atoms with Crippen molar-refractivity contribution >= 4 is 0 Å². The first-order valence-corrected chi connectivity index (χ1v) is 6.29. The van der Waals surface area contributed by atoms with Crippen LogP contribution in [0.3, 0.4) is 0 Å². The van der Waals surface area contributed by atoms with Crippen LogP contribution >= 0.6 is 0 Å². The highest BCUT2D eigenvalue weighted by Gasteiger charge is 2.20. The van der Waals surface area contributed by atoms with Gasteiger partial charge < -0.3 is 14.6 Å². The Balaban J connectivity index is 1.70. The van der Waals surface area contributed by atoms with E-state index < -0.39 is 0 Å². The number of aliphatic hydroxyl groups is 1. The quantitative estimate of drug-likeness (QED) is 0.615. The molecular weight excluding hydrogens is 228 g/mol. The second-order valence-corrected chi connectivity index (χ2v) is 4.35. The average molecular weight is 246 g/mol. The van der Waals surface area contributed by atoms with Crippen molar-refractivity contribution in [1.29, 1.82) is 0 Å². The first kappa shape index (κ1) is 12.9. The minimum Gasteiger partial charge on any atom is -0.491 e. The molecule has 0 aliphatic heterocycles. The lowest BCUT2D eigenvalue weighted by Crippen LogP contribution is -2.08. The molecule has 18 heavy (non-hydrogen) atoms. The maximum atomic E-state index is 8.63. The standard InChI is InChI=1S/C15H18O3/c16-8-2-4-13-3-1-5-15(11-13)18-10-9-17-12-14-6-7-14/h1,3,5,11,14,16H,6-10,12H2. The molecule has 0 spiro atoms. The van der Waals surface area contributed by atoms with Crippen LogP contribution < -0.4 is 4.74 Å². The van der Waals surface area contributed by atoms with E-state index in [0.29, 0.717) is 13.2 Å². The molecule has 0 bridgehead atoms. The molecule has 3 heteroatoms. The Morgan fingerprint density at radius 3 is 2.94 bits per heavy atom. The Bertz CT molecular complexity index is 427. The fourth-order valence-corrected chi connectivity index (χ4v) is 1.56. The van der Waals surface area contributed by atoms with Crippen LogP contribution in [0, 0.1) is 17.8 Å². The lowest BCUT2D eigenvalue weighted by Gasteiger charge is -2.07. The zero-order chi connectivity index (χ0) is 12.6. The largest absolute Gasteiger partial charge is 0.491 e. The molecule has 0 radical (unpaired) electrons. The van der Waals surface area contributed by atoms with Gasteiger partial charge in [-0.25, -0.2) is 0 Å². The molecule has 3 nitrogen and oxygen atoms in total. The van der Waals surface area contributed by atoms with Crippen LogP contribution in [0.25, 0.3) is 0 Å². The molecule has 1 aromatic carbocycles. The fraction of sp³-hybridized carbons (Fsp3) is 0.467. The summed E-state index contributed by atoms with van der Waals surface area (Å²) in [6.07, 6.45) is 2.62. The van der Waals surface area contributed by atoms with Crippen LogP contribution in [0.4, 0.5) is 0 Å². The molecule has 1 aliphatic rings. The summed E-state index contributed by atoms with van der Waals surface area (Å²) < 4.78 is 11.1. The molecule has 1 aliphatic carbocycles. The number of hydrogen-bond donors (Lipinski definition) is 1. The van der Waals surface area contributed by atoms with Gasteiger partial charge in [0.25, 0.3) is 0 Å². The second kappa shape index (κ2) is 7.05. The summed E-state index contributed by atoms with van der Waals surface area (Å²) >= 11 is 0. The van der Waals surface area contributed by atoms with Gasteiger partial charge in [-0.2, -0.15) is 0 Å². The van der Waals surface area contributed by atoms with Gasteiger partial charge in [-0.15, -0.1) is 0 Å². The van der Waals surface area contributed by atoms with Gasteiger partial charge >= 0.3 is 0 Å². The number of hydrogen-bond acceptors (Lipinski definition) is 3. The Hall–Kier alpha value is -1.50. The third-order valence-corrected chi connectivity index (χ3v) is 2.69. The van der Waals surface area contributed by atoms with Crippen molar-refractivity contribution in [2.24, 2.45) is 5.92 Å². The van der Waals surface area contributed by atoms with Gasteiger partial charge in [0.1, 0.15) is 19.0 Å². The predicted octanol–water partition coefficient (Wildman–Crippen LogP) is 1.84. The molecule has 2 rings (SSSR count). The highest BCUT2D eigenvalue weighted by molar-refractivity contribution is 5.39. The molecular formula is C15H18O3. The smallest absolute Gasteiger partial charge is 0.120 e. The fourth-order valence-electron chi connectivity index (χ4n) is 1.56. The Labute approximate surface area is 108 Å². The van der Waals surface area contributed by atoms with Crippen LogP contribution in [-0.4, -0.2) is 31.5 Å². The Morgan fingerprint density at radius 2 is 2.17 bits per heavy atom. The van der Waals surface area contributed by atoms with Gasteiger partial charge in [0.2, 0.25) is 0 Å². The molecule has 1 fully saturated rings. The first-order chi connectivity index (χ1) is 8.88. The second-order valence-electron chi connectivity index (χ2n) is 4.35. The predicted molar refractivity (Wildman–Crippen MR) is 69.4 cm³/mol. The van der Waals surface area contributed by atoms with E-state index in [2.05, 4.69) is 11.8 Å². The molecule has 0 aromatic heterocycles.